The molecule has 0 radical (unpaired) electrons. The molecule has 0 saturated carbocycles. The van der Waals surface area contributed by atoms with Gasteiger partial charge < -0.3 is 11.1 Å². The van der Waals surface area contributed by atoms with Crippen molar-refractivity contribution in [2.75, 3.05) is 11.1 Å². The lowest BCUT2D eigenvalue weighted by atomic mass is 9.83. The van der Waals surface area contributed by atoms with E-state index in [1.807, 2.05) is 12.1 Å². The van der Waals surface area contributed by atoms with Crippen molar-refractivity contribution < 1.29 is 0 Å². The summed E-state index contributed by atoms with van der Waals surface area (Å²) in [6.45, 7) is 2.11. The van der Waals surface area contributed by atoms with Crippen molar-refractivity contribution in [3.63, 3.8) is 0 Å². The molecule has 0 atom stereocenters. The number of nitrogen functional groups attached to an aromatic ring is 1. The van der Waals surface area contributed by atoms with Crippen LogP contribution in [0.15, 0.2) is 146 Å². The first-order valence-corrected chi connectivity index (χ1v) is 13.2. The predicted octanol–water partition coefficient (Wildman–Crippen LogP) is 9.99. The maximum atomic E-state index is 6.11. The quantitative estimate of drug-likeness (QED) is 0.222. The summed E-state index contributed by atoms with van der Waals surface area (Å²) in [6, 6.07) is 51.1. The fourth-order valence-electron chi connectivity index (χ4n) is 5.13. The smallest absolute Gasteiger partial charge is 0.0550 e. The molecule has 39 heavy (non-hydrogen) atoms. The van der Waals surface area contributed by atoms with Crippen molar-refractivity contribution >= 4 is 17.1 Å². The van der Waals surface area contributed by atoms with E-state index in [4.69, 9.17) is 5.73 Å². The lowest BCUT2D eigenvalue weighted by molar-refractivity contribution is 1.45. The van der Waals surface area contributed by atoms with Crippen LogP contribution in [0, 0.1) is 6.92 Å². The molecule has 0 unspecified atom stereocenters. The fraction of sp³-hybridized carbons (Fsp3) is 0.0270. The predicted molar refractivity (Wildman–Crippen MR) is 167 cm³/mol. The van der Waals surface area contributed by atoms with Crippen LogP contribution < -0.4 is 11.1 Å². The van der Waals surface area contributed by atoms with Crippen LogP contribution in [-0.2, 0) is 0 Å². The van der Waals surface area contributed by atoms with Crippen LogP contribution in [0.2, 0.25) is 0 Å². The topological polar surface area (TPSA) is 38.0 Å². The van der Waals surface area contributed by atoms with Crippen molar-refractivity contribution in [1.82, 2.24) is 0 Å². The Bertz CT molecular complexity index is 1690. The normalized spacial score (nSPS) is 10.8. The molecule has 6 aromatic rings. The number of rotatable bonds is 6. The minimum Gasteiger partial charge on any atom is -0.399 e. The van der Waals surface area contributed by atoms with Gasteiger partial charge in [-0.15, -0.1) is 0 Å². The number of nitrogens with two attached hydrogens (primary N) is 1. The van der Waals surface area contributed by atoms with Crippen LogP contribution in [0.4, 0.5) is 17.1 Å². The van der Waals surface area contributed by atoms with Gasteiger partial charge in [0, 0.05) is 22.5 Å². The van der Waals surface area contributed by atoms with Gasteiger partial charge in [-0.1, -0.05) is 121 Å². The van der Waals surface area contributed by atoms with E-state index in [0.29, 0.717) is 0 Å². The number of aryl methyl sites for hydroxylation is 1. The Labute approximate surface area is 230 Å². The average Bonchev–Trinajstić information content (AvgIpc) is 3.00. The highest BCUT2D eigenvalue weighted by molar-refractivity contribution is 6.06. The molecule has 0 fully saturated rings. The molecule has 6 rings (SSSR count). The summed E-state index contributed by atoms with van der Waals surface area (Å²) in [5, 5.41) is 3.84. The van der Waals surface area contributed by atoms with Gasteiger partial charge in [-0.25, -0.2) is 0 Å². The van der Waals surface area contributed by atoms with Crippen LogP contribution >= 0.6 is 0 Å². The molecule has 3 N–H and O–H groups in total. The molecule has 0 heterocycles. The van der Waals surface area contributed by atoms with Gasteiger partial charge >= 0.3 is 0 Å². The van der Waals surface area contributed by atoms with Crippen molar-refractivity contribution in [2.45, 2.75) is 6.92 Å². The van der Waals surface area contributed by atoms with Crippen LogP contribution in [0.5, 0.6) is 0 Å². The molecule has 0 aliphatic carbocycles. The molecular formula is C37H30N2. The Balaban J connectivity index is 1.76. The van der Waals surface area contributed by atoms with E-state index in [1.54, 1.807) is 0 Å². The number of benzene rings is 6. The maximum absolute atomic E-state index is 6.11. The first-order valence-electron chi connectivity index (χ1n) is 13.2. The van der Waals surface area contributed by atoms with E-state index in [2.05, 4.69) is 146 Å². The maximum Gasteiger partial charge on any atom is 0.0550 e. The van der Waals surface area contributed by atoms with Gasteiger partial charge in [-0.3, -0.25) is 0 Å². The van der Waals surface area contributed by atoms with Crippen LogP contribution in [0.1, 0.15) is 5.56 Å². The Morgan fingerprint density at radius 3 is 1.51 bits per heavy atom. The van der Waals surface area contributed by atoms with Gasteiger partial charge in [0.25, 0.3) is 0 Å². The summed E-state index contributed by atoms with van der Waals surface area (Å²) < 4.78 is 0. The first-order chi connectivity index (χ1) is 19.2. The molecule has 6 aromatic carbocycles. The van der Waals surface area contributed by atoms with Crippen LogP contribution in [0.25, 0.3) is 44.5 Å². The second kappa shape index (κ2) is 10.7. The van der Waals surface area contributed by atoms with E-state index in [-0.39, 0.29) is 0 Å². The average molecular weight is 503 g/mol. The van der Waals surface area contributed by atoms with E-state index < -0.39 is 0 Å². The summed E-state index contributed by atoms with van der Waals surface area (Å²) in [4.78, 5) is 0. The molecule has 2 nitrogen and oxygen atoms in total. The summed E-state index contributed by atoms with van der Waals surface area (Å²) >= 11 is 0. The third-order valence-corrected chi connectivity index (χ3v) is 7.08. The first kappa shape index (κ1) is 24.3. The number of hydrogen-bond acceptors (Lipinski definition) is 2. The molecule has 0 bridgehead atoms. The van der Waals surface area contributed by atoms with Crippen molar-refractivity contribution in [3.8, 4) is 44.5 Å². The van der Waals surface area contributed by atoms with Crippen LogP contribution in [0.3, 0.4) is 0 Å². The molecule has 188 valence electrons. The van der Waals surface area contributed by atoms with Gasteiger partial charge in [-0.2, -0.15) is 0 Å². The number of nitrogens with one attached hydrogen (secondary N) is 1. The highest BCUT2D eigenvalue weighted by Gasteiger charge is 2.23. The molecule has 0 amide bonds. The van der Waals surface area contributed by atoms with Crippen molar-refractivity contribution in [2.24, 2.45) is 0 Å². The largest absolute Gasteiger partial charge is 0.399 e. The molecule has 0 spiro atoms. The minimum absolute atomic E-state index is 0.754. The fourth-order valence-corrected chi connectivity index (χ4v) is 5.13. The van der Waals surface area contributed by atoms with E-state index >= 15 is 0 Å². The van der Waals surface area contributed by atoms with Gasteiger partial charge in [0.15, 0.2) is 0 Å². The second-order valence-electron chi connectivity index (χ2n) is 9.81. The summed E-state index contributed by atoms with van der Waals surface area (Å²) in [5.74, 6) is 0. The zero-order chi connectivity index (χ0) is 26.6. The molecule has 0 aliphatic heterocycles. The zero-order valence-electron chi connectivity index (χ0n) is 21.9. The number of anilines is 3. The molecule has 0 saturated heterocycles. The molecule has 0 aromatic heterocycles. The molecule has 0 aliphatic rings. The van der Waals surface area contributed by atoms with Crippen molar-refractivity contribution in [3.05, 3.63) is 151 Å². The Morgan fingerprint density at radius 2 is 0.949 bits per heavy atom. The molecule has 2 heteroatoms. The minimum atomic E-state index is 0.754. The zero-order valence-corrected chi connectivity index (χ0v) is 21.9. The lowest BCUT2D eigenvalue weighted by Crippen LogP contribution is -2.01. The summed E-state index contributed by atoms with van der Waals surface area (Å²) in [6.07, 6.45) is 0. The van der Waals surface area contributed by atoms with E-state index in [9.17, 15) is 0 Å². The second-order valence-corrected chi connectivity index (χ2v) is 9.81. The lowest BCUT2D eigenvalue weighted by Gasteiger charge is -2.25. The Morgan fingerprint density at radius 1 is 0.462 bits per heavy atom. The summed E-state index contributed by atoms with van der Waals surface area (Å²) in [7, 11) is 0. The van der Waals surface area contributed by atoms with Crippen molar-refractivity contribution in [1.29, 1.82) is 0 Å². The monoisotopic (exact) mass is 502 g/mol. The van der Waals surface area contributed by atoms with Gasteiger partial charge in [0.1, 0.15) is 0 Å². The summed E-state index contributed by atoms with van der Waals surface area (Å²) in [5.41, 5.74) is 19.5. The molecular weight excluding hydrogens is 472 g/mol. The number of hydrogen-bond donors (Lipinski definition) is 2. The Hall–Kier alpha value is -5.08. The Kier molecular flexibility index (Phi) is 6.67. The highest BCUT2D eigenvalue weighted by atomic mass is 14.9. The van der Waals surface area contributed by atoms with E-state index in [1.165, 1.54) is 11.1 Å². The SMILES string of the molecule is Cc1ccc(Nc2c(-c3ccccc3)cc(-c3ccc(N)cc3)c(-c3ccccc3)c2-c2ccccc2)cc1. The van der Waals surface area contributed by atoms with Crippen LogP contribution in [-0.4, -0.2) is 0 Å². The van der Waals surface area contributed by atoms with Gasteiger partial charge in [-0.05, 0) is 70.6 Å². The third kappa shape index (κ3) is 5.05. The highest BCUT2D eigenvalue weighted by Crippen LogP contribution is 2.49. The van der Waals surface area contributed by atoms with Gasteiger partial charge in [0.2, 0.25) is 0 Å². The van der Waals surface area contributed by atoms with E-state index in [0.717, 1.165) is 56.0 Å². The van der Waals surface area contributed by atoms with Gasteiger partial charge in [0.05, 0.1) is 5.69 Å². The third-order valence-electron chi connectivity index (χ3n) is 7.08. The standard InChI is InChI=1S/C37H30N2/c1-26-17-23-32(24-18-26)39-37-34(27-11-5-2-6-12-27)25-33(28-19-21-31(38)22-20-28)35(29-13-7-3-8-14-29)36(37)30-15-9-4-10-16-30/h2-25,39H,38H2,1H3.